The van der Waals surface area contributed by atoms with E-state index in [9.17, 15) is 13.6 Å². The molecule has 1 N–H and O–H groups in total. The Labute approximate surface area is 121 Å². The zero-order chi connectivity index (χ0) is 14.9. The molecule has 0 bridgehead atoms. The van der Waals surface area contributed by atoms with E-state index in [1.54, 1.807) is 18.3 Å². The lowest BCUT2D eigenvalue weighted by Gasteiger charge is -2.27. The standard InChI is InChI=1S/C16H16F2N2O/c17-16(18)8-6-11(7-9-16)15(21)20-14-5-1-4-13-12(14)3-2-10-19-13/h1-5,10-11H,6-9H2,(H,20,21). The lowest BCUT2D eigenvalue weighted by Crippen LogP contribution is -2.31. The number of hydrogen-bond donors (Lipinski definition) is 1. The number of anilines is 1. The summed E-state index contributed by atoms with van der Waals surface area (Å²) in [5, 5.41) is 3.71. The number of rotatable bonds is 2. The van der Waals surface area contributed by atoms with Gasteiger partial charge < -0.3 is 5.32 Å². The first-order valence-corrected chi connectivity index (χ1v) is 7.08. The van der Waals surface area contributed by atoms with Crippen molar-refractivity contribution in [2.24, 2.45) is 5.92 Å². The Hall–Kier alpha value is -2.04. The van der Waals surface area contributed by atoms with E-state index in [2.05, 4.69) is 10.3 Å². The van der Waals surface area contributed by atoms with Crippen LogP contribution in [0.4, 0.5) is 14.5 Å². The lowest BCUT2D eigenvalue weighted by atomic mass is 9.86. The highest BCUT2D eigenvalue weighted by Crippen LogP contribution is 2.36. The number of carbonyl (C=O) groups is 1. The van der Waals surface area contributed by atoms with Crippen molar-refractivity contribution in [3.63, 3.8) is 0 Å². The lowest BCUT2D eigenvalue weighted by molar-refractivity contribution is -0.123. The number of fused-ring (bicyclic) bond motifs is 1. The van der Waals surface area contributed by atoms with Crippen molar-refractivity contribution in [1.82, 2.24) is 4.98 Å². The Morgan fingerprint density at radius 1 is 1.19 bits per heavy atom. The Morgan fingerprint density at radius 3 is 2.71 bits per heavy atom. The predicted octanol–water partition coefficient (Wildman–Crippen LogP) is 4.00. The second kappa shape index (κ2) is 5.39. The molecule has 0 atom stereocenters. The fourth-order valence-electron chi connectivity index (χ4n) is 2.75. The molecule has 1 heterocycles. The number of benzene rings is 1. The Kier molecular flexibility index (Phi) is 3.57. The van der Waals surface area contributed by atoms with Crippen LogP contribution in [0.25, 0.3) is 10.9 Å². The van der Waals surface area contributed by atoms with Crippen LogP contribution in [0.5, 0.6) is 0 Å². The molecule has 0 aliphatic heterocycles. The van der Waals surface area contributed by atoms with Crippen molar-refractivity contribution in [3.8, 4) is 0 Å². The molecule has 0 unspecified atom stereocenters. The number of hydrogen-bond acceptors (Lipinski definition) is 2. The molecule has 1 aromatic carbocycles. The molecule has 3 rings (SSSR count). The van der Waals surface area contributed by atoms with Gasteiger partial charge in [0.05, 0.1) is 11.2 Å². The van der Waals surface area contributed by atoms with Crippen LogP contribution in [0.3, 0.4) is 0 Å². The molecule has 1 aromatic heterocycles. The molecule has 5 heteroatoms. The summed E-state index contributed by atoms with van der Waals surface area (Å²) in [7, 11) is 0. The SMILES string of the molecule is O=C(Nc1cccc2ncccc12)C1CCC(F)(F)CC1. The zero-order valence-corrected chi connectivity index (χ0v) is 11.5. The fraction of sp³-hybridized carbons (Fsp3) is 0.375. The van der Waals surface area contributed by atoms with Gasteiger partial charge in [0.2, 0.25) is 11.8 Å². The quantitative estimate of drug-likeness (QED) is 0.908. The molecular weight excluding hydrogens is 274 g/mol. The Bertz CT molecular complexity index is 657. The summed E-state index contributed by atoms with van der Waals surface area (Å²) in [6.07, 6.45) is 1.76. The van der Waals surface area contributed by atoms with E-state index >= 15 is 0 Å². The first-order chi connectivity index (χ1) is 10.1. The van der Waals surface area contributed by atoms with Gasteiger partial charge in [-0.15, -0.1) is 0 Å². The maximum Gasteiger partial charge on any atom is 0.248 e. The van der Waals surface area contributed by atoms with Gasteiger partial charge in [-0.25, -0.2) is 8.78 Å². The van der Waals surface area contributed by atoms with Crippen molar-refractivity contribution in [2.45, 2.75) is 31.6 Å². The molecule has 1 amide bonds. The third-order valence-corrected chi connectivity index (χ3v) is 3.99. The molecule has 3 nitrogen and oxygen atoms in total. The van der Waals surface area contributed by atoms with Crippen LogP contribution < -0.4 is 5.32 Å². The zero-order valence-electron chi connectivity index (χ0n) is 11.5. The first kappa shape index (κ1) is 13.9. The molecule has 1 saturated carbocycles. The summed E-state index contributed by atoms with van der Waals surface area (Å²) in [4.78, 5) is 16.5. The van der Waals surface area contributed by atoms with Crippen molar-refractivity contribution >= 4 is 22.5 Å². The van der Waals surface area contributed by atoms with Gasteiger partial charge in [0.25, 0.3) is 0 Å². The second-order valence-corrected chi connectivity index (χ2v) is 5.50. The molecule has 1 aliphatic rings. The van der Waals surface area contributed by atoms with Gasteiger partial charge in [-0.3, -0.25) is 9.78 Å². The van der Waals surface area contributed by atoms with E-state index in [1.807, 2.05) is 18.2 Å². The predicted molar refractivity (Wildman–Crippen MR) is 77.3 cm³/mol. The van der Waals surface area contributed by atoms with Crippen molar-refractivity contribution < 1.29 is 13.6 Å². The summed E-state index contributed by atoms with van der Waals surface area (Å²) >= 11 is 0. The van der Waals surface area contributed by atoms with E-state index in [4.69, 9.17) is 0 Å². The molecule has 1 aliphatic carbocycles. The molecule has 0 spiro atoms. The number of alkyl halides is 2. The normalized spacial score (nSPS) is 18.6. The molecule has 2 aromatic rings. The van der Waals surface area contributed by atoms with Crippen molar-refractivity contribution in [3.05, 3.63) is 36.5 Å². The maximum absolute atomic E-state index is 13.1. The van der Waals surface area contributed by atoms with Crippen LogP contribution in [0, 0.1) is 5.92 Å². The maximum atomic E-state index is 13.1. The van der Waals surface area contributed by atoms with E-state index in [0.29, 0.717) is 5.69 Å². The van der Waals surface area contributed by atoms with Crippen LogP contribution in [0.2, 0.25) is 0 Å². The van der Waals surface area contributed by atoms with Gasteiger partial charge in [0, 0.05) is 30.3 Å². The third kappa shape index (κ3) is 3.01. The highest BCUT2D eigenvalue weighted by Gasteiger charge is 2.37. The van der Waals surface area contributed by atoms with Crippen LogP contribution in [0.15, 0.2) is 36.5 Å². The highest BCUT2D eigenvalue weighted by molar-refractivity contribution is 6.01. The second-order valence-electron chi connectivity index (χ2n) is 5.50. The number of nitrogens with zero attached hydrogens (tertiary/aromatic N) is 1. The smallest absolute Gasteiger partial charge is 0.248 e. The summed E-state index contributed by atoms with van der Waals surface area (Å²) < 4.78 is 26.3. The van der Waals surface area contributed by atoms with Crippen molar-refractivity contribution in [1.29, 1.82) is 0 Å². The Balaban J connectivity index is 1.75. The highest BCUT2D eigenvalue weighted by atomic mass is 19.3. The summed E-state index contributed by atoms with van der Waals surface area (Å²) in [6, 6.07) is 9.18. The number of nitrogens with one attached hydrogen (secondary N) is 1. The average molecular weight is 290 g/mol. The van der Waals surface area contributed by atoms with E-state index < -0.39 is 5.92 Å². The van der Waals surface area contributed by atoms with Crippen LogP contribution in [-0.2, 0) is 4.79 Å². The number of aromatic nitrogens is 1. The van der Waals surface area contributed by atoms with Gasteiger partial charge in [-0.05, 0) is 37.1 Å². The largest absolute Gasteiger partial charge is 0.325 e. The van der Waals surface area contributed by atoms with Gasteiger partial charge in [0.15, 0.2) is 0 Å². The van der Waals surface area contributed by atoms with Crippen LogP contribution in [0.1, 0.15) is 25.7 Å². The number of amides is 1. The summed E-state index contributed by atoms with van der Waals surface area (Å²) in [5.41, 5.74) is 1.48. The number of pyridine rings is 1. The summed E-state index contributed by atoms with van der Waals surface area (Å²) in [5.74, 6) is -3.13. The molecule has 110 valence electrons. The van der Waals surface area contributed by atoms with Gasteiger partial charge >= 0.3 is 0 Å². The molecular formula is C16H16F2N2O. The molecule has 0 radical (unpaired) electrons. The topological polar surface area (TPSA) is 42.0 Å². The minimum atomic E-state index is -2.61. The molecule has 21 heavy (non-hydrogen) atoms. The first-order valence-electron chi connectivity index (χ1n) is 7.08. The molecule has 1 fully saturated rings. The molecule has 0 saturated heterocycles. The fourth-order valence-corrected chi connectivity index (χ4v) is 2.75. The van der Waals surface area contributed by atoms with E-state index in [-0.39, 0.29) is 37.5 Å². The third-order valence-electron chi connectivity index (χ3n) is 3.99. The van der Waals surface area contributed by atoms with E-state index in [0.717, 1.165) is 10.9 Å². The minimum Gasteiger partial charge on any atom is -0.325 e. The van der Waals surface area contributed by atoms with Crippen molar-refractivity contribution in [2.75, 3.05) is 5.32 Å². The van der Waals surface area contributed by atoms with Crippen LogP contribution >= 0.6 is 0 Å². The summed E-state index contributed by atoms with van der Waals surface area (Å²) in [6.45, 7) is 0. The van der Waals surface area contributed by atoms with Crippen LogP contribution in [-0.4, -0.2) is 16.8 Å². The van der Waals surface area contributed by atoms with Gasteiger partial charge in [-0.1, -0.05) is 6.07 Å². The minimum absolute atomic E-state index is 0.179. The van der Waals surface area contributed by atoms with E-state index in [1.165, 1.54) is 0 Å². The number of carbonyl (C=O) groups excluding carboxylic acids is 1. The Morgan fingerprint density at radius 2 is 1.95 bits per heavy atom. The number of halogens is 2. The monoisotopic (exact) mass is 290 g/mol. The average Bonchev–Trinajstić information content (AvgIpc) is 2.47. The van der Waals surface area contributed by atoms with Gasteiger partial charge in [0.1, 0.15) is 0 Å². The van der Waals surface area contributed by atoms with Gasteiger partial charge in [-0.2, -0.15) is 0 Å².